The number of likely N-dealkylation sites (N-methyl/N-ethyl adjacent to an activating group) is 1. The summed E-state index contributed by atoms with van der Waals surface area (Å²) in [5.41, 5.74) is 0.107. The summed E-state index contributed by atoms with van der Waals surface area (Å²) < 4.78 is 5.74. The maximum absolute atomic E-state index is 14.0. The zero-order valence-corrected chi connectivity index (χ0v) is 26.0. The molecule has 2 aliphatic heterocycles. The Morgan fingerprint density at radius 1 is 1.10 bits per heavy atom. The lowest BCUT2D eigenvalue weighted by Gasteiger charge is -2.41. The molecular weight excluding hydrogens is 534 g/mol. The fourth-order valence-electron chi connectivity index (χ4n) is 6.03. The van der Waals surface area contributed by atoms with Gasteiger partial charge in [-0.25, -0.2) is 0 Å². The lowest BCUT2D eigenvalue weighted by atomic mass is 10.0. The molecule has 3 fully saturated rings. The van der Waals surface area contributed by atoms with Crippen LogP contribution in [0.5, 0.6) is 5.75 Å². The van der Waals surface area contributed by atoms with Gasteiger partial charge in [0.25, 0.3) is 11.8 Å². The van der Waals surface area contributed by atoms with Gasteiger partial charge in [-0.1, -0.05) is 39.3 Å². The van der Waals surface area contributed by atoms with E-state index in [1.165, 1.54) is 0 Å². The molecule has 42 heavy (non-hydrogen) atoms. The standard InChI is InChI=1S/C32H49N5O5/c1-6-10-23-20-36(18-17-35(23)5)31(41)26-12-9-16-37(26)30(40)25(19-22(2)3)33-29(39)24-11-7-8-13-27(24)42-21-28(38)34-32(4)14-15-32/h7-8,11,13,22-23,25-26H,6,9-10,12,14-21H2,1-5H3,(H,33,39)(H,34,38)/t23-,25+,26+/m0/s1. The molecule has 3 atom stereocenters. The van der Waals surface area contributed by atoms with Crippen molar-refractivity contribution in [3.8, 4) is 5.75 Å². The number of ether oxygens (including phenoxy) is 1. The summed E-state index contributed by atoms with van der Waals surface area (Å²) in [4.78, 5) is 59.4. The van der Waals surface area contributed by atoms with Gasteiger partial charge in [0.15, 0.2) is 6.61 Å². The molecule has 232 valence electrons. The summed E-state index contributed by atoms with van der Waals surface area (Å²) in [7, 11) is 2.11. The van der Waals surface area contributed by atoms with E-state index in [2.05, 4.69) is 29.5 Å². The molecule has 1 aromatic rings. The first kappa shape index (κ1) is 31.8. The van der Waals surface area contributed by atoms with Crippen LogP contribution in [0.3, 0.4) is 0 Å². The van der Waals surface area contributed by atoms with Crippen molar-refractivity contribution in [1.29, 1.82) is 0 Å². The summed E-state index contributed by atoms with van der Waals surface area (Å²) in [5, 5.41) is 5.89. The van der Waals surface area contributed by atoms with E-state index < -0.39 is 18.0 Å². The molecule has 0 radical (unpaired) electrons. The van der Waals surface area contributed by atoms with E-state index in [9.17, 15) is 19.2 Å². The predicted molar refractivity (Wildman–Crippen MR) is 161 cm³/mol. The Morgan fingerprint density at radius 2 is 1.83 bits per heavy atom. The Bertz CT molecular complexity index is 1140. The van der Waals surface area contributed by atoms with Gasteiger partial charge < -0.3 is 25.2 Å². The largest absolute Gasteiger partial charge is 0.483 e. The van der Waals surface area contributed by atoms with Crippen LogP contribution < -0.4 is 15.4 Å². The third-order valence-electron chi connectivity index (χ3n) is 8.77. The number of benzene rings is 1. The quantitative estimate of drug-likeness (QED) is 0.392. The molecule has 0 unspecified atom stereocenters. The maximum Gasteiger partial charge on any atom is 0.258 e. The number of hydrogen-bond acceptors (Lipinski definition) is 6. The van der Waals surface area contributed by atoms with Crippen molar-refractivity contribution in [2.45, 2.75) is 96.3 Å². The van der Waals surface area contributed by atoms with Crippen molar-refractivity contribution in [2.75, 3.05) is 39.8 Å². The number of rotatable bonds is 12. The average molecular weight is 584 g/mol. The van der Waals surface area contributed by atoms with Crippen LogP contribution in [-0.2, 0) is 14.4 Å². The number of nitrogens with one attached hydrogen (secondary N) is 2. The van der Waals surface area contributed by atoms with E-state index in [0.29, 0.717) is 38.5 Å². The molecule has 2 N–H and O–H groups in total. The van der Waals surface area contributed by atoms with Gasteiger partial charge >= 0.3 is 0 Å². The SMILES string of the molecule is CCC[C@H]1CN(C(=O)[C@H]2CCCN2C(=O)[C@@H](CC(C)C)NC(=O)c2ccccc2OCC(=O)NC2(C)CC2)CCN1C. The van der Waals surface area contributed by atoms with E-state index >= 15 is 0 Å². The molecule has 4 rings (SSSR count). The molecule has 1 aromatic carbocycles. The summed E-state index contributed by atoms with van der Waals surface area (Å²) in [6.45, 7) is 10.6. The summed E-state index contributed by atoms with van der Waals surface area (Å²) in [5.74, 6) is -0.452. The van der Waals surface area contributed by atoms with Crippen molar-refractivity contribution in [3.63, 3.8) is 0 Å². The highest BCUT2D eigenvalue weighted by atomic mass is 16.5. The van der Waals surface area contributed by atoms with Crippen LogP contribution in [0.15, 0.2) is 24.3 Å². The highest BCUT2D eigenvalue weighted by Crippen LogP contribution is 2.34. The van der Waals surface area contributed by atoms with Crippen LogP contribution in [0.25, 0.3) is 0 Å². The average Bonchev–Trinajstić information content (AvgIpc) is 3.47. The first-order valence-electron chi connectivity index (χ1n) is 15.6. The number of piperazine rings is 1. The molecule has 2 heterocycles. The number of hydrogen-bond donors (Lipinski definition) is 2. The van der Waals surface area contributed by atoms with Crippen molar-refractivity contribution in [2.24, 2.45) is 5.92 Å². The molecule has 3 aliphatic rings. The lowest BCUT2D eigenvalue weighted by Crippen LogP contribution is -2.58. The molecular formula is C32H49N5O5. The smallest absolute Gasteiger partial charge is 0.258 e. The summed E-state index contributed by atoms with van der Waals surface area (Å²) in [6.07, 6.45) is 5.82. The Balaban J connectivity index is 1.43. The topological polar surface area (TPSA) is 111 Å². The molecule has 4 amide bonds. The van der Waals surface area contributed by atoms with Crippen LogP contribution in [0.4, 0.5) is 0 Å². The van der Waals surface area contributed by atoms with Crippen LogP contribution in [0.1, 0.15) is 83.0 Å². The second-order valence-corrected chi connectivity index (χ2v) is 12.9. The third kappa shape index (κ3) is 8.02. The fraction of sp³-hybridized carbons (Fsp3) is 0.688. The minimum Gasteiger partial charge on any atom is -0.483 e. The lowest BCUT2D eigenvalue weighted by molar-refractivity contribution is -0.146. The number of carbonyl (C=O) groups is 4. The van der Waals surface area contributed by atoms with Crippen LogP contribution in [0, 0.1) is 5.92 Å². The van der Waals surface area contributed by atoms with E-state index in [1.54, 1.807) is 29.2 Å². The Morgan fingerprint density at radius 3 is 2.52 bits per heavy atom. The number of carbonyl (C=O) groups excluding carboxylic acids is 4. The summed E-state index contributed by atoms with van der Waals surface area (Å²) >= 11 is 0. The molecule has 1 saturated carbocycles. The predicted octanol–water partition coefficient (Wildman–Crippen LogP) is 2.81. The molecule has 10 nitrogen and oxygen atoms in total. The van der Waals surface area contributed by atoms with Gasteiger partial charge in [0.1, 0.15) is 17.8 Å². The van der Waals surface area contributed by atoms with Crippen molar-refractivity contribution in [3.05, 3.63) is 29.8 Å². The van der Waals surface area contributed by atoms with E-state index in [0.717, 1.165) is 38.6 Å². The van der Waals surface area contributed by atoms with Gasteiger partial charge in [-0.2, -0.15) is 0 Å². The molecule has 2 saturated heterocycles. The molecule has 10 heteroatoms. The molecule has 0 spiro atoms. The van der Waals surface area contributed by atoms with Crippen molar-refractivity contribution >= 4 is 23.6 Å². The minimum absolute atomic E-state index is 0.0155. The second-order valence-electron chi connectivity index (χ2n) is 12.9. The number of likely N-dealkylation sites (tertiary alicyclic amines) is 1. The Hall–Kier alpha value is -3.14. The second kappa shape index (κ2) is 13.9. The van der Waals surface area contributed by atoms with Gasteiger partial charge in [0, 0.05) is 37.8 Å². The van der Waals surface area contributed by atoms with Crippen LogP contribution in [-0.4, -0.2) is 102 Å². The highest BCUT2D eigenvalue weighted by molar-refractivity contribution is 6.00. The maximum atomic E-state index is 14.0. The number of amides is 4. The first-order chi connectivity index (χ1) is 20.0. The normalized spacial score (nSPS) is 22.5. The fourth-order valence-corrected chi connectivity index (χ4v) is 6.03. The van der Waals surface area contributed by atoms with E-state index in [-0.39, 0.29) is 47.1 Å². The zero-order valence-electron chi connectivity index (χ0n) is 26.0. The Labute approximate surface area is 250 Å². The molecule has 1 aliphatic carbocycles. The highest BCUT2D eigenvalue weighted by Gasteiger charge is 2.41. The van der Waals surface area contributed by atoms with Crippen LogP contribution >= 0.6 is 0 Å². The van der Waals surface area contributed by atoms with Gasteiger partial charge in [-0.15, -0.1) is 0 Å². The van der Waals surface area contributed by atoms with Crippen molar-refractivity contribution < 1.29 is 23.9 Å². The van der Waals surface area contributed by atoms with E-state index in [4.69, 9.17) is 4.74 Å². The van der Waals surface area contributed by atoms with Gasteiger partial charge in [0.05, 0.1) is 5.56 Å². The van der Waals surface area contributed by atoms with Gasteiger partial charge in [-0.3, -0.25) is 24.1 Å². The Kier molecular flexibility index (Phi) is 10.5. The first-order valence-corrected chi connectivity index (χ1v) is 15.6. The number of para-hydroxylation sites is 1. The number of nitrogens with zero attached hydrogens (tertiary/aromatic N) is 3. The van der Waals surface area contributed by atoms with Crippen molar-refractivity contribution in [1.82, 2.24) is 25.3 Å². The monoisotopic (exact) mass is 583 g/mol. The minimum atomic E-state index is -0.780. The zero-order chi connectivity index (χ0) is 30.4. The van der Waals surface area contributed by atoms with E-state index in [1.807, 2.05) is 25.7 Å². The molecule has 0 aromatic heterocycles. The van der Waals surface area contributed by atoms with Crippen LogP contribution in [0.2, 0.25) is 0 Å². The van der Waals surface area contributed by atoms with Gasteiger partial charge in [0.2, 0.25) is 11.8 Å². The summed E-state index contributed by atoms with van der Waals surface area (Å²) in [6, 6.07) is 5.79. The molecule has 0 bridgehead atoms. The third-order valence-corrected chi connectivity index (χ3v) is 8.77. The van der Waals surface area contributed by atoms with Gasteiger partial charge in [-0.05, 0) is 70.5 Å².